The van der Waals surface area contributed by atoms with E-state index in [1.165, 1.54) is 16.2 Å². The minimum Gasteiger partial charge on any atom is -0.446 e. The number of benzene rings is 1. The van der Waals surface area contributed by atoms with Gasteiger partial charge in [0.25, 0.3) is 0 Å². The first kappa shape index (κ1) is 24.4. The van der Waals surface area contributed by atoms with Gasteiger partial charge in [0.2, 0.25) is 0 Å². The van der Waals surface area contributed by atoms with Crippen molar-refractivity contribution >= 4 is 23.1 Å². The van der Waals surface area contributed by atoms with Gasteiger partial charge < -0.3 is 10.1 Å². The summed E-state index contributed by atoms with van der Waals surface area (Å²) in [5.74, 6) is 0. The fourth-order valence-corrected chi connectivity index (χ4v) is 4.43. The first-order valence-corrected chi connectivity index (χ1v) is 10.9. The van der Waals surface area contributed by atoms with Gasteiger partial charge in [0.15, 0.2) is 0 Å². The van der Waals surface area contributed by atoms with Gasteiger partial charge in [-0.25, -0.2) is 4.79 Å². The molecule has 0 aliphatic carbocycles. The van der Waals surface area contributed by atoms with Crippen molar-refractivity contribution in [2.24, 2.45) is 0 Å². The maximum atomic E-state index is 13.1. The molecule has 1 N–H and O–H groups in total. The van der Waals surface area contributed by atoms with Crippen LogP contribution in [0, 0.1) is 0 Å². The Hall–Kier alpha value is -2.27. The standard InChI is InChI=1S/C21H22F6N2O2S/c1-12(2)31-19(30)29-5-3-4-17(16-10-32-11-18(16)29)28-9-13-6-14(20(22,23)24)8-15(7-13)21(25,26)27/h6-8,10-12,17,28H,3-5,9H2,1-2H3. The molecule has 1 amide bonds. The SMILES string of the molecule is CC(C)OC(=O)N1CCCC(NCc2cc(C(F)(F)F)cc(C(F)(F)F)c2)c2cscc21. The lowest BCUT2D eigenvalue weighted by molar-refractivity contribution is -0.143. The number of halogens is 6. The second kappa shape index (κ2) is 9.30. The van der Waals surface area contributed by atoms with E-state index >= 15 is 0 Å². The number of ether oxygens (including phenoxy) is 1. The molecule has 0 fully saturated rings. The predicted molar refractivity (Wildman–Crippen MR) is 109 cm³/mol. The predicted octanol–water partition coefficient (Wildman–Crippen LogP) is 6.76. The molecule has 1 atom stereocenters. The summed E-state index contributed by atoms with van der Waals surface area (Å²) in [5, 5.41) is 6.67. The first-order valence-electron chi connectivity index (χ1n) is 9.92. The molecule has 1 unspecified atom stereocenters. The lowest BCUT2D eigenvalue weighted by Crippen LogP contribution is -2.33. The fourth-order valence-electron chi connectivity index (χ4n) is 3.54. The van der Waals surface area contributed by atoms with Crippen LogP contribution in [-0.4, -0.2) is 18.7 Å². The number of carbonyl (C=O) groups is 1. The van der Waals surface area contributed by atoms with E-state index < -0.39 is 29.6 Å². The van der Waals surface area contributed by atoms with Crippen molar-refractivity contribution in [2.75, 3.05) is 11.4 Å². The Balaban J connectivity index is 1.83. The van der Waals surface area contributed by atoms with Gasteiger partial charge in [-0.05, 0) is 55.8 Å². The largest absolute Gasteiger partial charge is 0.446 e. The minimum absolute atomic E-state index is 0.115. The molecule has 0 spiro atoms. The Labute approximate surface area is 185 Å². The van der Waals surface area contributed by atoms with Gasteiger partial charge in [0, 0.05) is 30.1 Å². The highest BCUT2D eigenvalue weighted by molar-refractivity contribution is 7.08. The number of nitrogens with zero attached hydrogens (tertiary/aromatic N) is 1. The fraction of sp³-hybridized carbons (Fsp3) is 0.476. The van der Waals surface area contributed by atoms with Crippen LogP contribution in [-0.2, 0) is 23.6 Å². The second-order valence-corrected chi connectivity index (χ2v) is 8.53. The van der Waals surface area contributed by atoms with Crippen LogP contribution in [0.5, 0.6) is 0 Å². The summed E-state index contributed by atoms with van der Waals surface area (Å²) >= 11 is 1.35. The van der Waals surface area contributed by atoms with Gasteiger partial charge in [-0.15, -0.1) is 11.3 Å². The van der Waals surface area contributed by atoms with E-state index in [9.17, 15) is 31.1 Å². The van der Waals surface area contributed by atoms with Crippen molar-refractivity contribution in [3.63, 3.8) is 0 Å². The van der Waals surface area contributed by atoms with E-state index in [-0.39, 0.29) is 30.3 Å². The molecule has 0 saturated heterocycles. The zero-order valence-electron chi connectivity index (χ0n) is 17.3. The van der Waals surface area contributed by atoms with E-state index in [4.69, 9.17) is 4.74 Å². The molecule has 32 heavy (non-hydrogen) atoms. The van der Waals surface area contributed by atoms with Crippen LogP contribution < -0.4 is 10.2 Å². The monoisotopic (exact) mass is 480 g/mol. The van der Waals surface area contributed by atoms with Gasteiger partial charge in [-0.2, -0.15) is 26.3 Å². The summed E-state index contributed by atoms with van der Waals surface area (Å²) in [6, 6.07) is 1.22. The van der Waals surface area contributed by atoms with Crippen molar-refractivity contribution < 1.29 is 35.9 Å². The minimum atomic E-state index is -4.89. The molecule has 1 aliphatic rings. The first-order chi connectivity index (χ1) is 14.9. The number of hydrogen-bond acceptors (Lipinski definition) is 4. The van der Waals surface area contributed by atoms with Crippen LogP contribution in [0.15, 0.2) is 29.0 Å². The second-order valence-electron chi connectivity index (χ2n) is 7.79. The molecule has 176 valence electrons. The number of carbonyl (C=O) groups excluding carboxylic acids is 1. The van der Waals surface area contributed by atoms with Crippen LogP contribution >= 0.6 is 11.3 Å². The molecular formula is C21H22F6N2O2S. The lowest BCUT2D eigenvalue weighted by atomic mass is 10.0. The third kappa shape index (κ3) is 5.74. The van der Waals surface area contributed by atoms with Crippen molar-refractivity contribution in [1.29, 1.82) is 0 Å². The van der Waals surface area contributed by atoms with Crippen molar-refractivity contribution in [3.8, 4) is 0 Å². The summed E-state index contributed by atoms with van der Waals surface area (Å²) in [7, 11) is 0. The third-order valence-corrected chi connectivity index (χ3v) is 5.72. The number of hydrogen-bond donors (Lipinski definition) is 1. The van der Waals surface area contributed by atoms with Crippen molar-refractivity contribution in [2.45, 2.75) is 57.7 Å². The van der Waals surface area contributed by atoms with Crippen LogP contribution in [0.1, 0.15) is 55.0 Å². The average molecular weight is 480 g/mol. The van der Waals surface area contributed by atoms with E-state index in [1.807, 2.05) is 5.38 Å². The molecule has 0 bridgehead atoms. The van der Waals surface area contributed by atoms with Gasteiger partial charge >= 0.3 is 18.4 Å². The highest BCUT2D eigenvalue weighted by Crippen LogP contribution is 2.38. The number of anilines is 1. The summed E-state index contributed by atoms with van der Waals surface area (Å²) in [5.41, 5.74) is -1.41. The van der Waals surface area contributed by atoms with Crippen molar-refractivity contribution in [1.82, 2.24) is 5.32 Å². The Bertz CT molecular complexity index is 922. The summed E-state index contributed by atoms with van der Waals surface area (Å²) < 4.78 is 84.0. The highest BCUT2D eigenvalue weighted by atomic mass is 32.1. The smallest absolute Gasteiger partial charge is 0.416 e. The quantitative estimate of drug-likeness (QED) is 0.492. The molecule has 0 radical (unpaired) electrons. The topological polar surface area (TPSA) is 41.6 Å². The molecule has 1 aliphatic heterocycles. The molecule has 3 rings (SSSR count). The molecule has 1 aromatic heterocycles. The molecule has 2 heterocycles. The lowest BCUT2D eigenvalue weighted by Gasteiger charge is -2.22. The number of rotatable bonds is 4. The number of nitrogens with one attached hydrogen (secondary N) is 1. The Kier molecular flexibility index (Phi) is 7.09. The maximum Gasteiger partial charge on any atom is 0.416 e. The van der Waals surface area contributed by atoms with E-state index in [2.05, 4.69) is 5.32 Å². The molecule has 1 aromatic carbocycles. The number of amides is 1. The van der Waals surface area contributed by atoms with Gasteiger partial charge in [-0.1, -0.05) is 0 Å². The number of alkyl halides is 6. The molecule has 2 aromatic rings. The number of fused-ring (bicyclic) bond motifs is 1. The Morgan fingerprint density at radius 1 is 1.12 bits per heavy atom. The number of thiophene rings is 1. The van der Waals surface area contributed by atoms with Crippen LogP contribution in [0.4, 0.5) is 36.8 Å². The summed E-state index contributed by atoms with van der Waals surface area (Å²) in [4.78, 5) is 14.0. The van der Waals surface area contributed by atoms with E-state index in [1.54, 1.807) is 19.2 Å². The van der Waals surface area contributed by atoms with Crippen LogP contribution in [0.2, 0.25) is 0 Å². The maximum absolute atomic E-state index is 13.1. The van der Waals surface area contributed by atoms with Gasteiger partial charge in [-0.3, -0.25) is 4.90 Å². The molecule has 11 heteroatoms. The highest BCUT2D eigenvalue weighted by Gasteiger charge is 2.37. The Morgan fingerprint density at radius 3 is 2.31 bits per heavy atom. The zero-order valence-corrected chi connectivity index (χ0v) is 18.1. The summed E-state index contributed by atoms with van der Waals surface area (Å²) in [6.07, 6.45) is -9.44. The zero-order chi connectivity index (χ0) is 23.7. The molecular weight excluding hydrogens is 458 g/mol. The van der Waals surface area contributed by atoms with Crippen LogP contribution in [0.25, 0.3) is 0 Å². The molecule has 0 saturated carbocycles. The normalized spacial score (nSPS) is 17.3. The third-order valence-electron chi connectivity index (χ3n) is 4.97. The average Bonchev–Trinajstić information content (AvgIpc) is 3.07. The van der Waals surface area contributed by atoms with Crippen LogP contribution in [0.3, 0.4) is 0 Å². The Morgan fingerprint density at radius 2 is 1.75 bits per heavy atom. The van der Waals surface area contributed by atoms with Crippen molar-refractivity contribution in [3.05, 3.63) is 51.2 Å². The van der Waals surface area contributed by atoms with E-state index in [0.717, 1.165) is 17.7 Å². The van der Waals surface area contributed by atoms with E-state index in [0.29, 0.717) is 25.1 Å². The molecule has 4 nitrogen and oxygen atoms in total. The van der Waals surface area contributed by atoms with Gasteiger partial charge in [0.1, 0.15) is 0 Å². The van der Waals surface area contributed by atoms with Gasteiger partial charge in [0.05, 0.1) is 22.9 Å². The summed E-state index contributed by atoms with van der Waals surface area (Å²) in [6.45, 7) is 3.68.